The molecule has 5 nitrogen and oxygen atoms in total. The van der Waals surface area contributed by atoms with Crippen LogP contribution in [0.4, 0.5) is 0 Å². The third-order valence-electron chi connectivity index (χ3n) is 2.51. The van der Waals surface area contributed by atoms with Crippen LogP contribution in [-0.2, 0) is 11.2 Å². The number of rotatable bonds is 4. The van der Waals surface area contributed by atoms with Crippen LogP contribution in [0.15, 0.2) is 6.20 Å². The van der Waals surface area contributed by atoms with Crippen molar-refractivity contribution in [2.75, 3.05) is 32.8 Å². The fourth-order valence-electron chi connectivity index (χ4n) is 1.60. The maximum Gasteiger partial charge on any atom is 0.347 e. The molecule has 16 heavy (non-hydrogen) atoms. The molecule has 88 valence electrons. The number of hydrogen-bond acceptors (Lipinski definition) is 5. The summed E-state index contributed by atoms with van der Waals surface area (Å²) in [5.41, 5.74) is 0. The Hall–Kier alpha value is -0.980. The molecule has 1 aromatic rings. The summed E-state index contributed by atoms with van der Waals surface area (Å²) < 4.78 is 5.25. The second kappa shape index (κ2) is 5.38. The Balaban J connectivity index is 1.81. The number of ether oxygens (including phenoxy) is 1. The summed E-state index contributed by atoms with van der Waals surface area (Å²) >= 11 is 1.26. The molecule has 0 radical (unpaired) electrons. The third kappa shape index (κ3) is 3.01. The van der Waals surface area contributed by atoms with Crippen molar-refractivity contribution in [3.05, 3.63) is 16.1 Å². The van der Waals surface area contributed by atoms with Crippen LogP contribution in [0.3, 0.4) is 0 Å². The average molecular weight is 242 g/mol. The maximum atomic E-state index is 10.7. The Labute approximate surface area is 97.7 Å². The van der Waals surface area contributed by atoms with E-state index in [-0.39, 0.29) is 0 Å². The van der Waals surface area contributed by atoms with Gasteiger partial charge in [0.15, 0.2) is 0 Å². The molecule has 1 aliphatic heterocycles. The molecule has 1 fully saturated rings. The van der Waals surface area contributed by atoms with Crippen LogP contribution in [0.2, 0.25) is 0 Å². The van der Waals surface area contributed by atoms with Crippen molar-refractivity contribution in [1.29, 1.82) is 0 Å². The number of aromatic carboxylic acids is 1. The molecule has 0 amide bonds. The van der Waals surface area contributed by atoms with Crippen molar-refractivity contribution in [3.63, 3.8) is 0 Å². The summed E-state index contributed by atoms with van der Waals surface area (Å²) in [4.78, 5) is 17.4. The molecule has 1 N–H and O–H groups in total. The smallest absolute Gasteiger partial charge is 0.347 e. The summed E-state index contributed by atoms with van der Waals surface area (Å²) in [5.74, 6) is -0.893. The van der Waals surface area contributed by atoms with E-state index in [4.69, 9.17) is 9.84 Å². The largest absolute Gasteiger partial charge is 0.477 e. The van der Waals surface area contributed by atoms with Gasteiger partial charge in [0.05, 0.1) is 24.4 Å². The summed E-state index contributed by atoms with van der Waals surface area (Å²) in [5, 5.41) is 9.65. The van der Waals surface area contributed by atoms with Crippen molar-refractivity contribution in [2.45, 2.75) is 6.42 Å². The molecular formula is C10H14N2O3S. The zero-order valence-corrected chi connectivity index (χ0v) is 9.70. The van der Waals surface area contributed by atoms with Crippen LogP contribution in [-0.4, -0.2) is 53.8 Å². The Bertz CT molecular complexity index is 361. The minimum absolute atomic E-state index is 0.317. The minimum atomic E-state index is -0.893. The summed E-state index contributed by atoms with van der Waals surface area (Å²) in [6, 6.07) is 0. The number of thiazole rings is 1. The highest BCUT2D eigenvalue weighted by molar-refractivity contribution is 7.13. The van der Waals surface area contributed by atoms with Gasteiger partial charge in [-0.05, 0) is 0 Å². The highest BCUT2D eigenvalue weighted by Gasteiger charge is 2.12. The fourth-order valence-corrected chi connectivity index (χ4v) is 2.35. The predicted molar refractivity (Wildman–Crippen MR) is 60.0 cm³/mol. The van der Waals surface area contributed by atoms with Gasteiger partial charge in [-0.2, -0.15) is 0 Å². The zero-order valence-electron chi connectivity index (χ0n) is 8.89. The molecule has 6 heteroatoms. The molecule has 1 aliphatic rings. The van der Waals surface area contributed by atoms with E-state index in [0.717, 1.165) is 44.3 Å². The number of morpholine rings is 1. The fraction of sp³-hybridized carbons (Fsp3) is 0.600. The zero-order chi connectivity index (χ0) is 11.4. The van der Waals surface area contributed by atoms with Gasteiger partial charge in [0.1, 0.15) is 4.88 Å². The number of nitrogens with zero attached hydrogens (tertiary/aromatic N) is 2. The van der Waals surface area contributed by atoms with Crippen LogP contribution in [0, 0.1) is 0 Å². The van der Waals surface area contributed by atoms with Crippen molar-refractivity contribution >= 4 is 17.3 Å². The topological polar surface area (TPSA) is 62.7 Å². The third-order valence-corrected chi connectivity index (χ3v) is 3.56. The molecular weight excluding hydrogens is 228 g/mol. The van der Waals surface area contributed by atoms with Gasteiger partial charge in [-0.25, -0.2) is 9.78 Å². The van der Waals surface area contributed by atoms with Gasteiger partial charge >= 0.3 is 5.97 Å². The van der Waals surface area contributed by atoms with Gasteiger partial charge in [0.25, 0.3) is 0 Å². The molecule has 0 unspecified atom stereocenters. The monoisotopic (exact) mass is 242 g/mol. The van der Waals surface area contributed by atoms with E-state index in [1.807, 2.05) is 0 Å². The Morgan fingerprint density at radius 1 is 1.56 bits per heavy atom. The highest BCUT2D eigenvalue weighted by atomic mass is 32.1. The SMILES string of the molecule is O=C(O)c1cnc(CCN2CCOCC2)s1. The normalized spacial score (nSPS) is 17.5. The van der Waals surface area contributed by atoms with E-state index in [9.17, 15) is 4.79 Å². The van der Waals surface area contributed by atoms with Crippen molar-refractivity contribution in [3.8, 4) is 0 Å². The second-order valence-corrected chi connectivity index (χ2v) is 4.74. The summed E-state index contributed by atoms with van der Waals surface area (Å²) in [6.07, 6.45) is 2.25. The van der Waals surface area contributed by atoms with Gasteiger partial charge in [-0.1, -0.05) is 0 Å². The predicted octanol–water partition coefficient (Wildman–Crippen LogP) is 0.716. The van der Waals surface area contributed by atoms with Crippen LogP contribution in [0.1, 0.15) is 14.7 Å². The number of hydrogen-bond donors (Lipinski definition) is 1. The van der Waals surface area contributed by atoms with Gasteiger partial charge < -0.3 is 9.84 Å². The second-order valence-electron chi connectivity index (χ2n) is 3.63. The maximum absolute atomic E-state index is 10.7. The van der Waals surface area contributed by atoms with Crippen LogP contribution in [0.5, 0.6) is 0 Å². The van der Waals surface area contributed by atoms with E-state index in [1.54, 1.807) is 0 Å². The lowest BCUT2D eigenvalue weighted by Gasteiger charge is -2.25. The van der Waals surface area contributed by atoms with E-state index in [1.165, 1.54) is 17.5 Å². The molecule has 0 aromatic carbocycles. The lowest BCUT2D eigenvalue weighted by atomic mass is 10.3. The van der Waals surface area contributed by atoms with Gasteiger partial charge in [-0.3, -0.25) is 4.90 Å². The first-order valence-corrected chi connectivity index (χ1v) is 6.05. The molecule has 2 rings (SSSR count). The van der Waals surface area contributed by atoms with E-state index >= 15 is 0 Å². The number of carboxylic acid groups (broad SMARTS) is 1. The molecule has 0 spiro atoms. The minimum Gasteiger partial charge on any atom is -0.477 e. The Kier molecular flexibility index (Phi) is 3.87. The summed E-state index contributed by atoms with van der Waals surface area (Å²) in [6.45, 7) is 4.42. The first-order valence-electron chi connectivity index (χ1n) is 5.24. The number of carbonyl (C=O) groups is 1. The number of carboxylic acids is 1. The van der Waals surface area contributed by atoms with Crippen molar-refractivity contribution in [2.24, 2.45) is 0 Å². The highest BCUT2D eigenvalue weighted by Crippen LogP contribution is 2.13. The standard InChI is InChI=1S/C10H14N2O3S/c13-10(14)8-7-11-9(16-8)1-2-12-3-5-15-6-4-12/h7H,1-6H2,(H,13,14). The van der Waals surface area contributed by atoms with E-state index < -0.39 is 5.97 Å². The van der Waals surface area contributed by atoms with Gasteiger partial charge in [0.2, 0.25) is 0 Å². The quantitative estimate of drug-likeness (QED) is 0.842. The van der Waals surface area contributed by atoms with Crippen LogP contribution in [0.25, 0.3) is 0 Å². The lowest BCUT2D eigenvalue weighted by molar-refractivity contribution is 0.0384. The molecule has 0 saturated carbocycles. The lowest BCUT2D eigenvalue weighted by Crippen LogP contribution is -2.37. The molecule has 0 bridgehead atoms. The van der Waals surface area contributed by atoms with Crippen LogP contribution >= 0.6 is 11.3 Å². The molecule has 1 saturated heterocycles. The molecule has 1 aromatic heterocycles. The first kappa shape index (κ1) is 11.5. The van der Waals surface area contributed by atoms with E-state index in [2.05, 4.69) is 9.88 Å². The molecule has 0 aliphatic carbocycles. The Morgan fingerprint density at radius 2 is 2.31 bits per heavy atom. The average Bonchev–Trinajstić information content (AvgIpc) is 2.76. The molecule has 2 heterocycles. The van der Waals surface area contributed by atoms with Crippen molar-refractivity contribution in [1.82, 2.24) is 9.88 Å². The molecule has 0 atom stereocenters. The summed E-state index contributed by atoms with van der Waals surface area (Å²) in [7, 11) is 0. The Morgan fingerprint density at radius 3 is 2.94 bits per heavy atom. The van der Waals surface area contributed by atoms with Gasteiger partial charge in [-0.15, -0.1) is 11.3 Å². The van der Waals surface area contributed by atoms with E-state index in [0.29, 0.717) is 4.88 Å². The van der Waals surface area contributed by atoms with Gasteiger partial charge in [0, 0.05) is 26.1 Å². The first-order chi connectivity index (χ1) is 7.75. The number of aromatic nitrogens is 1. The van der Waals surface area contributed by atoms with Crippen LogP contribution < -0.4 is 0 Å². The van der Waals surface area contributed by atoms with Crippen molar-refractivity contribution < 1.29 is 14.6 Å².